The molecule has 1 atom stereocenters. The van der Waals surface area contributed by atoms with E-state index in [1.165, 1.54) is 76.0 Å². The lowest BCUT2D eigenvalue weighted by Crippen LogP contribution is -2.33. The molecule has 0 bridgehead atoms. The van der Waals surface area contributed by atoms with Gasteiger partial charge in [0.05, 0.1) is 0 Å². The van der Waals surface area contributed by atoms with E-state index >= 15 is 0 Å². The Kier molecular flexibility index (Phi) is 4.56. The van der Waals surface area contributed by atoms with Crippen molar-refractivity contribution in [2.75, 3.05) is 31.6 Å². The lowest BCUT2D eigenvalue weighted by molar-refractivity contribution is 0.187. The van der Waals surface area contributed by atoms with Gasteiger partial charge in [0.25, 0.3) is 0 Å². The molecule has 0 unspecified atom stereocenters. The Morgan fingerprint density at radius 1 is 1.00 bits per heavy atom. The van der Waals surface area contributed by atoms with Crippen molar-refractivity contribution < 1.29 is 0 Å². The summed E-state index contributed by atoms with van der Waals surface area (Å²) in [6.45, 7) is 3.58. The zero-order valence-electron chi connectivity index (χ0n) is 12.7. The van der Waals surface area contributed by atoms with Crippen LogP contribution in [-0.2, 0) is 0 Å². The van der Waals surface area contributed by atoms with Crippen molar-refractivity contribution in [2.45, 2.75) is 51.0 Å². The van der Waals surface area contributed by atoms with E-state index in [1.807, 2.05) is 6.20 Å². The molecule has 1 aromatic rings. The van der Waals surface area contributed by atoms with Gasteiger partial charge in [-0.1, -0.05) is 25.3 Å². The van der Waals surface area contributed by atoms with Crippen molar-refractivity contribution >= 4 is 5.82 Å². The number of nitrogens with zero attached hydrogens (tertiary/aromatic N) is 3. The molecular formula is C17H27N3. The van der Waals surface area contributed by atoms with Crippen molar-refractivity contribution in [3.63, 3.8) is 0 Å². The fraction of sp³-hybridized carbons (Fsp3) is 0.706. The SMILES string of the molecule is CN1CCCC[C@H]1c1cccnc1N1CCCCCC1. The number of hydrogen-bond acceptors (Lipinski definition) is 3. The second kappa shape index (κ2) is 6.57. The normalized spacial score (nSPS) is 25.4. The molecule has 20 heavy (non-hydrogen) atoms. The van der Waals surface area contributed by atoms with Crippen LogP contribution in [0.5, 0.6) is 0 Å². The Balaban J connectivity index is 1.86. The van der Waals surface area contributed by atoms with Crippen molar-refractivity contribution in [1.82, 2.24) is 9.88 Å². The van der Waals surface area contributed by atoms with Crippen LogP contribution in [0.3, 0.4) is 0 Å². The minimum Gasteiger partial charge on any atom is -0.356 e. The summed E-state index contributed by atoms with van der Waals surface area (Å²) < 4.78 is 0. The number of piperidine rings is 1. The van der Waals surface area contributed by atoms with Crippen LogP contribution in [0.25, 0.3) is 0 Å². The molecule has 0 radical (unpaired) electrons. The molecule has 2 aliphatic heterocycles. The van der Waals surface area contributed by atoms with Gasteiger partial charge in [-0.2, -0.15) is 0 Å². The number of hydrogen-bond donors (Lipinski definition) is 0. The Morgan fingerprint density at radius 2 is 1.75 bits per heavy atom. The fourth-order valence-electron chi connectivity index (χ4n) is 3.68. The van der Waals surface area contributed by atoms with E-state index in [1.54, 1.807) is 0 Å². The summed E-state index contributed by atoms with van der Waals surface area (Å²) >= 11 is 0. The van der Waals surface area contributed by atoms with E-state index < -0.39 is 0 Å². The average Bonchev–Trinajstić information content (AvgIpc) is 2.77. The minimum absolute atomic E-state index is 0.565. The van der Waals surface area contributed by atoms with Gasteiger partial charge in [-0.3, -0.25) is 4.90 Å². The summed E-state index contributed by atoms with van der Waals surface area (Å²) in [7, 11) is 2.27. The highest BCUT2D eigenvalue weighted by atomic mass is 15.2. The lowest BCUT2D eigenvalue weighted by Gasteiger charge is -2.35. The van der Waals surface area contributed by atoms with E-state index in [-0.39, 0.29) is 0 Å². The summed E-state index contributed by atoms with van der Waals surface area (Å²) in [4.78, 5) is 9.80. The maximum Gasteiger partial charge on any atom is 0.133 e. The van der Waals surface area contributed by atoms with Crippen molar-refractivity contribution in [3.05, 3.63) is 23.9 Å². The molecule has 0 aliphatic carbocycles. The Morgan fingerprint density at radius 3 is 2.50 bits per heavy atom. The first-order valence-corrected chi connectivity index (χ1v) is 8.26. The Hall–Kier alpha value is -1.09. The molecular weight excluding hydrogens is 246 g/mol. The first-order chi connectivity index (χ1) is 9.86. The van der Waals surface area contributed by atoms with Gasteiger partial charge in [0, 0.05) is 30.9 Å². The van der Waals surface area contributed by atoms with Crippen molar-refractivity contribution in [1.29, 1.82) is 0 Å². The fourth-order valence-corrected chi connectivity index (χ4v) is 3.68. The molecule has 3 heterocycles. The Bertz CT molecular complexity index is 424. The predicted octanol–water partition coefficient (Wildman–Crippen LogP) is 3.62. The highest BCUT2D eigenvalue weighted by Gasteiger charge is 2.25. The van der Waals surface area contributed by atoms with Crippen LogP contribution in [-0.4, -0.2) is 36.6 Å². The quantitative estimate of drug-likeness (QED) is 0.820. The number of likely N-dealkylation sites (tertiary alicyclic amines) is 1. The summed E-state index contributed by atoms with van der Waals surface area (Å²) in [6.07, 6.45) is 11.3. The van der Waals surface area contributed by atoms with Crippen molar-refractivity contribution in [2.24, 2.45) is 0 Å². The summed E-state index contributed by atoms with van der Waals surface area (Å²) in [6, 6.07) is 4.98. The maximum atomic E-state index is 4.75. The van der Waals surface area contributed by atoms with E-state index in [9.17, 15) is 0 Å². The zero-order chi connectivity index (χ0) is 13.8. The smallest absolute Gasteiger partial charge is 0.133 e. The molecule has 3 nitrogen and oxygen atoms in total. The molecule has 0 saturated carbocycles. The van der Waals surface area contributed by atoms with Crippen LogP contribution in [0.4, 0.5) is 5.82 Å². The molecule has 110 valence electrons. The summed E-state index contributed by atoms with van der Waals surface area (Å²) in [5.41, 5.74) is 1.46. The van der Waals surface area contributed by atoms with Crippen LogP contribution in [0, 0.1) is 0 Å². The molecule has 3 rings (SSSR count). The van der Waals surface area contributed by atoms with Crippen LogP contribution in [0.1, 0.15) is 56.6 Å². The van der Waals surface area contributed by atoms with Gasteiger partial charge < -0.3 is 4.90 Å². The molecule has 0 amide bonds. The minimum atomic E-state index is 0.565. The Labute approximate surface area is 123 Å². The number of aromatic nitrogens is 1. The second-order valence-electron chi connectivity index (χ2n) is 6.31. The van der Waals surface area contributed by atoms with Crippen LogP contribution >= 0.6 is 0 Å². The first-order valence-electron chi connectivity index (χ1n) is 8.26. The number of pyridine rings is 1. The van der Waals surface area contributed by atoms with E-state index in [0.717, 1.165) is 0 Å². The number of rotatable bonds is 2. The predicted molar refractivity (Wildman–Crippen MR) is 84.1 cm³/mol. The molecule has 2 saturated heterocycles. The van der Waals surface area contributed by atoms with Gasteiger partial charge in [0.15, 0.2) is 0 Å². The largest absolute Gasteiger partial charge is 0.356 e. The van der Waals surface area contributed by atoms with Crippen LogP contribution in [0.15, 0.2) is 18.3 Å². The van der Waals surface area contributed by atoms with Gasteiger partial charge in [-0.05, 0) is 45.3 Å². The van der Waals surface area contributed by atoms with Gasteiger partial charge in [-0.15, -0.1) is 0 Å². The van der Waals surface area contributed by atoms with Crippen LogP contribution in [0.2, 0.25) is 0 Å². The maximum absolute atomic E-state index is 4.75. The van der Waals surface area contributed by atoms with Gasteiger partial charge in [-0.25, -0.2) is 4.98 Å². The number of anilines is 1. The van der Waals surface area contributed by atoms with Gasteiger partial charge >= 0.3 is 0 Å². The van der Waals surface area contributed by atoms with E-state index in [2.05, 4.69) is 29.0 Å². The van der Waals surface area contributed by atoms with Crippen LogP contribution < -0.4 is 4.90 Å². The zero-order valence-corrected chi connectivity index (χ0v) is 12.7. The topological polar surface area (TPSA) is 19.4 Å². The molecule has 2 fully saturated rings. The molecule has 2 aliphatic rings. The van der Waals surface area contributed by atoms with Gasteiger partial charge in [0.1, 0.15) is 5.82 Å². The third-order valence-corrected chi connectivity index (χ3v) is 4.85. The first kappa shape index (κ1) is 13.9. The monoisotopic (exact) mass is 273 g/mol. The standard InChI is InChI=1S/C17H27N3/c1-19-12-7-4-10-16(19)15-9-8-11-18-17(15)20-13-5-2-3-6-14-20/h8-9,11,16H,2-7,10,12-14H2,1H3/t16-/m0/s1. The van der Waals surface area contributed by atoms with E-state index in [4.69, 9.17) is 4.98 Å². The third-order valence-electron chi connectivity index (χ3n) is 4.85. The molecule has 0 spiro atoms. The highest BCUT2D eigenvalue weighted by Crippen LogP contribution is 2.34. The molecule has 0 aromatic carbocycles. The second-order valence-corrected chi connectivity index (χ2v) is 6.31. The molecule has 3 heteroatoms. The van der Waals surface area contributed by atoms with E-state index in [0.29, 0.717) is 6.04 Å². The lowest BCUT2D eigenvalue weighted by atomic mass is 9.96. The molecule has 0 N–H and O–H groups in total. The summed E-state index contributed by atoms with van der Waals surface area (Å²) in [5.74, 6) is 1.26. The average molecular weight is 273 g/mol. The van der Waals surface area contributed by atoms with Crippen molar-refractivity contribution in [3.8, 4) is 0 Å². The molecule has 1 aromatic heterocycles. The summed E-state index contributed by atoms with van der Waals surface area (Å²) in [5, 5.41) is 0. The highest BCUT2D eigenvalue weighted by molar-refractivity contribution is 5.48. The third kappa shape index (κ3) is 2.98. The van der Waals surface area contributed by atoms with Gasteiger partial charge in [0.2, 0.25) is 0 Å².